The normalized spacial score (nSPS) is 11.2. The molecule has 10 heteroatoms. The van der Waals surface area contributed by atoms with Gasteiger partial charge in [-0.3, -0.25) is 9.63 Å². The number of carbonyl (C=O) groups is 1. The lowest BCUT2D eigenvalue weighted by Gasteiger charge is -2.11. The van der Waals surface area contributed by atoms with Crippen LogP contribution in [0.25, 0.3) is 16.9 Å². The van der Waals surface area contributed by atoms with Gasteiger partial charge in [-0.1, -0.05) is 0 Å². The van der Waals surface area contributed by atoms with E-state index in [1.807, 2.05) is 0 Å². The van der Waals surface area contributed by atoms with Gasteiger partial charge < -0.3 is 9.47 Å². The molecule has 0 atom stereocenters. The lowest BCUT2D eigenvalue weighted by molar-refractivity contribution is 0.0532. The van der Waals surface area contributed by atoms with Gasteiger partial charge in [0.05, 0.1) is 37.6 Å². The van der Waals surface area contributed by atoms with Crippen LogP contribution < -0.4 is 15.0 Å². The molecular formula is C20H21N3O6S. The fourth-order valence-electron chi connectivity index (χ4n) is 2.87. The summed E-state index contributed by atoms with van der Waals surface area (Å²) in [5, 5.41) is 4.37. The van der Waals surface area contributed by atoms with Crippen LogP contribution in [0.4, 0.5) is 0 Å². The highest BCUT2D eigenvalue weighted by Gasteiger charge is 2.18. The van der Waals surface area contributed by atoms with Crippen molar-refractivity contribution in [2.24, 2.45) is 0 Å². The van der Waals surface area contributed by atoms with Crippen molar-refractivity contribution < 1.29 is 27.5 Å². The fourth-order valence-corrected chi connectivity index (χ4v) is 3.50. The van der Waals surface area contributed by atoms with Crippen molar-refractivity contribution in [3.05, 3.63) is 54.2 Å². The van der Waals surface area contributed by atoms with Gasteiger partial charge in [0.25, 0.3) is 5.91 Å². The average Bonchev–Trinajstić information content (AvgIpc) is 3.18. The largest absolute Gasteiger partial charge is 0.493 e. The van der Waals surface area contributed by atoms with Crippen LogP contribution in [0.5, 0.6) is 11.5 Å². The summed E-state index contributed by atoms with van der Waals surface area (Å²) in [6.45, 7) is 0. The SMILES string of the molecule is CONC(=O)c1cc(-c2ccc(OC)c(OC)c2)n(-c2ccc(S(C)(=O)=O)cc2)n1. The van der Waals surface area contributed by atoms with Crippen LogP contribution in [0, 0.1) is 0 Å². The number of amides is 1. The van der Waals surface area contributed by atoms with Gasteiger partial charge in [-0.2, -0.15) is 5.10 Å². The summed E-state index contributed by atoms with van der Waals surface area (Å²) in [4.78, 5) is 17.1. The van der Waals surface area contributed by atoms with Crippen LogP contribution in [0.2, 0.25) is 0 Å². The van der Waals surface area contributed by atoms with E-state index in [0.29, 0.717) is 28.4 Å². The van der Waals surface area contributed by atoms with Gasteiger partial charge in [-0.25, -0.2) is 18.6 Å². The topological polar surface area (TPSA) is 109 Å². The van der Waals surface area contributed by atoms with Crippen molar-refractivity contribution in [3.8, 4) is 28.4 Å². The predicted octanol–water partition coefficient (Wildman–Crippen LogP) is 2.25. The second-order valence-electron chi connectivity index (χ2n) is 6.30. The quantitative estimate of drug-likeness (QED) is 0.572. The number of benzene rings is 2. The molecule has 0 aliphatic rings. The molecule has 1 amide bonds. The summed E-state index contributed by atoms with van der Waals surface area (Å²) < 4.78 is 35.7. The molecule has 0 saturated heterocycles. The molecule has 0 fully saturated rings. The molecule has 1 N–H and O–H groups in total. The summed E-state index contributed by atoms with van der Waals surface area (Å²) in [6.07, 6.45) is 1.14. The van der Waals surface area contributed by atoms with Gasteiger partial charge in [0.2, 0.25) is 0 Å². The number of hydrogen-bond acceptors (Lipinski definition) is 7. The number of rotatable bonds is 7. The van der Waals surface area contributed by atoms with Gasteiger partial charge >= 0.3 is 0 Å². The highest BCUT2D eigenvalue weighted by Crippen LogP contribution is 2.33. The van der Waals surface area contributed by atoms with E-state index in [0.717, 1.165) is 6.26 Å². The second kappa shape index (κ2) is 8.56. The molecular weight excluding hydrogens is 410 g/mol. The lowest BCUT2D eigenvalue weighted by Crippen LogP contribution is -2.22. The molecule has 0 aliphatic heterocycles. The van der Waals surface area contributed by atoms with Gasteiger partial charge in [0.15, 0.2) is 27.0 Å². The van der Waals surface area contributed by atoms with E-state index in [1.54, 1.807) is 36.4 Å². The Hall–Kier alpha value is -3.37. The molecule has 1 heterocycles. The van der Waals surface area contributed by atoms with E-state index in [4.69, 9.17) is 9.47 Å². The Morgan fingerprint density at radius 3 is 2.20 bits per heavy atom. The van der Waals surface area contributed by atoms with Crippen molar-refractivity contribution in [2.45, 2.75) is 4.90 Å². The summed E-state index contributed by atoms with van der Waals surface area (Å²) >= 11 is 0. The van der Waals surface area contributed by atoms with Crippen LogP contribution in [0.3, 0.4) is 0 Å². The first-order chi connectivity index (χ1) is 14.3. The van der Waals surface area contributed by atoms with E-state index in [9.17, 15) is 13.2 Å². The summed E-state index contributed by atoms with van der Waals surface area (Å²) in [5.41, 5.74) is 4.23. The monoisotopic (exact) mass is 431 g/mol. The van der Waals surface area contributed by atoms with Crippen molar-refractivity contribution in [3.63, 3.8) is 0 Å². The number of carbonyl (C=O) groups excluding carboxylic acids is 1. The number of nitrogens with zero attached hydrogens (tertiary/aromatic N) is 2. The Balaban J connectivity index is 2.16. The molecule has 9 nitrogen and oxygen atoms in total. The zero-order valence-electron chi connectivity index (χ0n) is 16.9. The Kier molecular flexibility index (Phi) is 6.09. The van der Waals surface area contributed by atoms with E-state index in [1.165, 1.54) is 38.1 Å². The summed E-state index contributed by atoms with van der Waals surface area (Å²) in [5.74, 6) is 0.547. The number of methoxy groups -OCH3 is 2. The number of hydroxylamine groups is 1. The smallest absolute Gasteiger partial charge is 0.295 e. The number of ether oxygens (including phenoxy) is 2. The van der Waals surface area contributed by atoms with Crippen LogP contribution >= 0.6 is 0 Å². The number of aromatic nitrogens is 2. The molecule has 0 bridgehead atoms. The van der Waals surface area contributed by atoms with Gasteiger partial charge in [-0.05, 0) is 48.5 Å². The third kappa shape index (κ3) is 4.29. The average molecular weight is 431 g/mol. The molecule has 0 aliphatic carbocycles. The number of nitrogens with one attached hydrogen (secondary N) is 1. The first-order valence-corrected chi connectivity index (χ1v) is 10.6. The third-order valence-corrected chi connectivity index (χ3v) is 5.45. The maximum Gasteiger partial charge on any atom is 0.295 e. The number of sulfone groups is 1. The van der Waals surface area contributed by atoms with E-state index >= 15 is 0 Å². The van der Waals surface area contributed by atoms with Gasteiger partial charge in [0, 0.05) is 11.8 Å². The van der Waals surface area contributed by atoms with E-state index < -0.39 is 15.7 Å². The van der Waals surface area contributed by atoms with Crippen molar-refractivity contribution >= 4 is 15.7 Å². The third-order valence-electron chi connectivity index (χ3n) is 4.33. The molecule has 0 radical (unpaired) electrons. The highest BCUT2D eigenvalue weighted by atomic mass is 32.2. The Bertz CT molecular complexity index is 1170. The lowest BCUT2D eigenvalue weighted by atomic mass is 10.1. The Morgan fingerprint density at radius 1 is 0.967 bits per heavy atom. The van der Waals surface area contributed by atoms with Crippen molar-refractivity contribution in [1.82, 2.24) is 15.3 Å². The minimum Gasteiger partial charge on any atom is -0.493 e. The van der Waals surface area contributed by atoms with Crippen molar-refractivity contribution in [2.75, 3.05) is 27.6 Å². The molecule has 1 aromatic heterocycles. The Morgan fingerprint density at radius 2 is 1.63 bits per heavy atom. The molecule has 3 rings (SSSR count). The standard InChI is InChI=1S/C20H21N3O6S/c1-27-18-10-5-13(11-19(18)28-2)17-12-16(20(24)22-29-3)21-23(17)14-6-8-15(9-7-14)30(4,25)26/h5-12H,1-4H3,(H,22,24). The first-order valence-electron chi connectivity index (χ1n) is 8.74. The molecule has 0 spiro atoms. The van der Waals surface area contributed by atoms with Gasteiger partial charge in [-0.15, -0.1) is 0 Å². The van der Waals surface area contributed by atoms with Crippen LogP contribution in [0.1, 0.15) is 10.5 Å². The van der Waals surface area contributed by atoms with Crippen molar-refractivity contribution in [1.29, 1.82) is 0 Å². The predicted molar refractivity (Wildman–Crippen MR) is 110 cm³/mol. The minimum absolute atomic E-state index is 0.119. The maximum absolute atomic E-state index is 12.2. The zero-order chi connectivity index (χ0) is 21.9. The molecule has 3 aromatic rings. The minimum atomic E-state index is -3.34. The van der Waals surface area contributed by atoms with Gasteiger partial charge in [0.1, 0.15) is 0 Å². The fraction of sp³-hybridized carbons (Fsp3) is 0.200. The zero-order valence-corrected chi connectivity index (χ0v) is 17.7. The van der Waals surface area contributed by atoms with Crippen LogP contribution in [0.15, 0.2) is 53.4 Å². The molecule has 0 saturated carbocycles. The van der Waals surface area contributed by atoms with Crippen LogP contribution in [-0.4, -0.2) is 51.7 Å². The maximum atomic E-state index is 12.2. The number of hydrogen-bond donors (Lipinski definition) is 1. The summed E-state index contributed by atoms with van der Waals surface area (Å²) in [6, 6.07) is 13.1. The summed E-state index contributed by atoms with van der Waals surface area (Å²) in [7, 11) is 1.06. The molecule has 2 aromatic carbocycles. The molecule has 30 heavy (non-hydrogen) atoms. The first kappa shape index (κ1) is 21.3. The van der Waals surface area contributed by atoms with Crippen LogP contribution in [-0.2, 0) is 14.7 Å². The Labute approximate surface area is 174 Å². The highest BCUT2D eigenvalue weighted by molar-refractivity contribution is 7.90. The molecule has 158 valence electrons. The van der Waals surface area contributed by atoms with E-state index in [2.05, 4.69) is 15.4 Å². The van der Waals surface area contributed by atoms with E-state index in [-0.39, 0.29) is 10.6 Å². The molecule has 0 unspecified atom stereocenters. The second-order valence-corrected chi connectivity index (χ2v) is 8.31.